The summed E-state index contributed by atoms with van der Waals surface area (Å²) in [6.45, 7) is 6.56. The van der Waals surface area contributed by atoms with Crippen LogP contribution in [0.1, 0.15) is 55.5 Å². The number of rotatable bonds is 7. The molecule has 0 aliphatic heterocycles. The summed E-state index contributed by atoms with van der Waals surface area (Å²) in [5.74, 6) is -0.122. The third kappa shape index (κ3) is 6.92. The number of aryl methyl sites for hydroxylation is 1. The maximum absolute atomic E-state index is 12.1. The van der Waals surface area contributed by atoms with Crippen LogP contribution >= 0.6 is 0 Å². The Morgan fingerprint density at radius 1 is 1.15 bits per heavy atom. The molecule has 1 saturated carbocycles. The van der Waals surface area contributed by atoms with E-state index in [9.17, 15) is 14.4 Å². The molecule has 0 aromatic heterocycles. The highest BCUT2D eigenvalue weighted by atomic mass is 16.2. The van der Waals surface area contributed by atoms with Crippen molar-refractivity contribution in [1.82, 2.24) is 16.0 Å². The second-order valence-corrected chi connectivity index (χ2v) is 7.49. The van der Waals surface area contributed by atoms with E-state index in [0.29, 0.717) is 18.0 Å². The monoisotopic (exact) mass is 374 g/mol. The Balaban J connectivity index is 1.80. The van der Waals surface area contributed by atoms with Crippen molar-refractivity contribution in [3.63, 3.8) is 0 Å². The molecule has 148 valence electrons. The lowest BCUT2D eigenvalue weighted by atomic mass is 10.1. The number of hydrogen-bond donors (Lipinski definition) is 4. The van der Waals surface area contributed by atoms with Gasteiger partial charge in [-0.25, -0.2) is 4.79 Å². The second-order valence-electron chi connectivity index (χ2n) is 7.49. The number of hydrogen-bond acceptors (Lipinski definition) is 4. The molecule has 0 saturated heterocycles. The van der Waals surface area contributed by atoms with E-state index in [1.165, 1.54) is 0 Å². The fraction of sp³-hybridized carbons (Fsp3) is 0.550. The van der Waals surface area contributed by atoms with E-state index < -0.39 is 11.9 Å². The smallest absolute Gasteiger partial charge is 0.321 e. The van der Waals surface area contributed by atoms with E-state index in [-0.39, 0.29) is 18.5 Å². The molecule has 1 fully saturated rings. The van der Waals surface area contributed by atoms with Crippen molar-refractivity contribution in [3.8, 4) is 0 Å². The van der Waals surface area contributed by atoms with Gasteiger partial charge in [-0.05, 0) is 49.4 Å². The van der Waals surface area contributed by atoms with Crippen LogP contribution in [0.5, 0.6) is 0 Å². The predicted octanol–water partition coefficient (Wildman–Crippen LogP) is 2.56. The van der Waals surface area contributed by atoms with E-state index in [0.717, 1.165) is 36.9 Å². The molecule has 0 radical (unpaired) electrons. The zero-order valence-corrected chi connectivity index (χ0v) is 16.4. The molecule has 4 N–H and O–H groups in total. The molecule has 2 rings (SSSR count). The zero-order valence-electron chi connectivity index (χ0n) is 16.4. The number of benzene rings is 1. The highest BCUT2D eigenvalue weighted by Gasteiger charge is 2.18. The van der Waals surface area contributed by atoms with Gasteiger partial charge in [-0.1, -0.05) is 26.7 Å². The van der Waals surface area contributed by atoms with Crippen molar-refractivity contribution < 1.29 is 14.4 Å². The first-order chi connectivity index (χ1) is 12.8. The van der Waals surface area contributed by atoms with Crippen molar-refractivity contribution in [2.45, 2.75) is 52.5 Å². The highest BCUT2D eigenvalue weighted by Crippen LogP contribution is 2.17. The number of carbonyl (C=O) groups excluding carboxylic acids is 3. The van der Waals surface area contributed by atoms with Crippen molar-refractivity contribution in [3.05, 3.63) is 29.3 Å². The van der Waals surface area contributed by atoms with Crippen molar-refractivity contribution in [1.29, 1.82) is 0 Å². The van der Waals surface area contributed by atoms with Crippen LogP contribution in [0, 0.1) is 12.8 Å². The average Bonchev–Trinajstić information content (AvgIpc) is 3.11. The van der Waals surface area contributed by atoms with Gasteiger partial charge in [0.05, 0.1) is 6.54 Å². The van der Waals surface area contributed by atoms with Gasteiger partial charge < -0.3 is 16.0 Å². The topological polar surface area (TPSA) is 99.3 Å². The van der Waals surface area contributed by atoms with Gasteiger partial charge in [0.2, 0.25) is 5.91 Å². The molecule has 4 amide bonds. The lowest BCUT2D eigenvalue weighted by molar-refractivity contribution is -0.118. The summed E-state index contributed by atoms with van der Waals surface area (Å²) >= 11 is 0. The third-order valence-electron chi connectivity index (χ3n) is 4.54. The summed E-state index contributed by atoms with van der Waals surface area (Å²) in [6, 6.07) is 4.99. The molecule has 0 heterocycles. The first-order valence-electron chi connectivity index (χ1n) is 9.58. The van der Waals surface area contributed by atoms with Gasteiger partial charge >= 0.3 is 6.03 Å². The van der Waals surface area contributed by atoms with Crippen LogP contribution in [-0.4, -0.2) is 37.0 Å². The van der Waals surface area contributed by atoms with Gasteiger partial charge in [-0.2, -0.15) is 0 Å². The molecular weight excluding hydrogens is 344 g/mol. The summed E-state index contributed by atoms with van der Waals surface area (Å²) in [5, 5.41) is 11.0. The minimum Gasteiger partial charge on any atom is -0.376 e. The number of amides is 4. The Labute approximate surface area is 160 Å². The Bertz CT molecular complexity index is 682. The minimum absolute atomic E-state index is 0.0161. The van der Waals surface area contributed by atoms with E-state index >= 15 is 0 Å². The molecule has 1 aliphatic carbocycles. The molecule has 0 unspecified atom stereocenters. The van der Waals surface area contributed by atoms with Crippen molar-refractivity contribution >= 4 is 23.5 Å². The van der Waals surface area contributed by atoms with Gasteiger partial charge in [0.1, 0.15) is 0 Å². The molecule has 1 aromatic rings. The minimum atomic E-state index is -0.442. The summed E-state index contributed by atoms with van der Waals surface area (Å²) < 4.78 is 0. The van der Waals surface area contributed by atoms with E-state index in [4.69, 9.17) is 0 Å². The quantitative estimate of drug-likeness (QED) is 0.589. The van der Waals surface area contributed by atoms with Crippen LogP contribution in [0.15, 0.2) is 18.2 Å². The number of urea groups is 1. The number of anilines is 1. The lowest BCUT2D eigenvalue weighted by Gasteiger charge is -2.14. The summed E-state index contributed by atoms with van der Waals surface area (Å²) in [7, 11) is 0. The van der Waals surface area contributed by atoms with Crippen molar-refractivity contribution in [2.75, 3.05) is 18.4 Å². The summed E-state index contributed by atoms with van der Waals surface area (Å²) in [6.07, 6.45) is 4.17. The number of nitrogens with one attached hydrogen (secondary N) is 4. The third-order valence-corrected chi connectivity index (χ3v) is 4.54. The Kier molecular flexibility index (Phi) is 7.64. The predicted molar refractivity (Wildman–Crippen MR) is 106 cm³/mol. The van der Waals surface area contributed by atoms with Gasteiger partial charge in [0, 0.05) is 23.8 Å². The summed E-state index contributed by atoms with van der Waals surface area (Å²) in [5.41, 5.74) is 2.19. The van der Waals surface area contributed by atoms with Crippen LogP contribution < -0.4 is 21.3 Å². The largest absolute Gasteiger partial charge is 0.376 e. The van der Waals surface area contributed by atoms with E-state index in [2.05, 4.69) is 21.3 Å². The Hall–Kier alpha value is -2.57. The maximum Gasteiger partial charge on any atom is 0.321 e. The fourth-order valence-corrected chi connectivity index (χ4v) is 3.04. The summed E-state index contributed by atoms with van der Waals surface area (Å²) in [4.78, 5) is 35.8. The van der Waals surface area contributed by atoms with E-state index in [1.54, 1.807) is 18.2 Å². The van der Waals surface area contributed by atoms with Crippen LogP contribution in [0.3, 0.4) is 0 Å². The van der Waals surface area contributed by atoms with Gasteiger partial charge in [0.25, 0.3) is 5.91 Å². The van der Waals surface area contributed by atoms with Crippen LogP contribution in [0.2, 0.25) is 0 Å². The molecule has 7 nitrogen and oxygen atoms in total. The highest BCUT2D eigenvalue weighted by molar-refractivity contribution is 5.97. The number of imide groups is 1. The van der Waals surface area contributed by atoms with Gasteiger partial charge in [-0.15, -0.1) is 0 Å². The van der Waals surface area contributed by atoms with Crippen LogP contribution in [0.4, 0.5) is 10.5 Å². The molecule has 7 heteroatoms. The first-order valence-corrected chi connectivity index (χ1v) is 9.58. The Morgan fingerprint density at radius 3 is 2.48 bits per heavy atom. The second kappa shape index (κ2) is 9.94. The molecule has 0 atom stereocenters. The Morgan fingerprint density at radius 2 is 1.85 bits per heavy atom. The van der Waals surface area contributed by atoms with Crippen molar-refractivity contribution in [2.24, 2.45) is 5.92 Å². The molecule has 27 heavy (non-hydrogen) atoms. The molecule has 0 spiro atoms. The molecule has 0 bridgehead atoms. The molecule has 1 aliphatic rings. The average molecular weight is 374 g/mol. The van der Waals surface area contributed by atoms with Gasteiger partial charge in [-0.3, -0.25) is 14.9 Å². The normalized spacial score (nSPS) is 14.1. The van der Waals surface area contributed by atoms with E-state index in [1.807, 2.05) is 20.8 Å². The lowest BCUT2D eigenvalue weighted by Crippen LogP contribution is -2.45. The first kappa shape index (κ1) is 20.7. The zero-order chi connectivity index (χ0) is 19.8. The number of carbonyl (C=O) groups is 3. The molecular formula is C20H30N4O3. The maximum atomic E-state index is 12.1. The molecule has 1 aromatic carbocycles. The SMILES string of the molecule is Cc1cc(C(=O)NCC(C)C)ccc1NCC(=O)NC(=O)NC1CCCC1. The van der Waals surface area contributed by atoms with Crippen LogP contribution in [-0.2, 0) is 4.79 Å². The van der Waals surface area contributed by atoms with Gasteiger partial charge in [0.15, 0.2) is 0 Å². The standard InChI is InChI=1S/C20H30N4O3/c1-13(2)11-22-19(26)15-8-9-17(14(3)10-15)21-12-18(25)24-20(27)23-16-6-4-5-7-16/h8-10,13,16,21H,4-7,11-12H2,1-3H3,(H,22,26)(H2,23,24,25,27). The van der Waals surface area contributed by atoms with Crippen LogP contribution in [0.25, 0.3) is 0 Å². The fourth-order valence-electron chi connectivity index (χ4n) is 3.04.